The van der Waals surface area contributed by atoms with Gasteiger partial charge in [0.15, 0.2) is 11.6 Å². The van der Waals surface area contributed by atoms with E-state index in [1.807, 2.05) is 36.4 Å². The van der Waals surface area contributed by atoms with Crippen molar-refractivity contribution in [1.82, 2.24) is 20.4 Å². The van der Waals surface area contributed by atoms with E-state index < -0.39 is 0 Å². The molecule has 24 heavy (non-hydrogen) atoms. The third-order valence-electron chi connectivity index (χ3n) is 4.20. The second-order valence-electron chi connectivity index (χ2n) is 5.69. The molecule has 7 heteroatoms. The van der Waals surface area contributed by atoms with Crippen LogP contribution in [0, 0.1) is 0 Å². The topological polar surface area (TPSA) is 67.3 Å². The lowest BCUT2D eigenvalue weighted by Crippen LogP contribution is -2.44. The van der Waals surface area contributed by atoms with Crippen LogP contribution < -0.4 is 5.32 Å². The largest absolute Gasteiger partial charge is 0.458 e. The summed E-state index contributed by atoms with van der Waals surface area (Å²) in [6.07, 6.45) is 1.65. The minimum absolute atomic E-state index is 0. The Morgan fingerprint density at radius 2 is 2.04 bits per heavy atom. The Balaban J connectivity index is 0.00000169. The predicted molar refractivity (Wildman–Crippen MR) is 92.9 cm³/mol. The lowest BCUT2D eigenvalue weighted by Gasteiger charge is -2.30. The second-order valence-corrected chi connectivity index (χ2v) is 5.69. The molecule has 2 aromatic heterocycles. The van der Waals surface area contributed by atoms with Crippen molar-refractivity contribution in [1.29, 1.82) is 0 Å². The van der Waals surface area contributed by atoms with Gasteiger partial charge in [0, 0.05) is 25.2 Å². The molecular formula is C17H19ClN4O2. The molecule has 1 unspecified atom stereocenters. The van der Waals surface area contributed by atoms with Crippen LogP contribution in [0.3, 0.4) is 0 Å². The van der Waals surface area contributed by atoms with E-state index in [0.29, 0.717) is 17.5 Å². The van der Waals surface area contributed by atoms with E-state index in [-0.39, 0.29) is 18.4 Å². The molecule has 0 bridgehead atoms. The average Bonchev–Trinajstić information content (AvgIpc) is 3.25. The number of nitrogens with zero attached hydrogens (tertiary/aromatic N) is 3. The van der Waals surface area contributed by atoms with Crippen molar-refractivity contribution in [3.05, 3.63) is 48.5 Å². The Labute approximate surface area is 146 Å². The van der Waals surface area contributed by atoms with Crippen molar-refractivity contribution in [3.63, 3.8) is 0 Å². The van der Waals surface area contributed by atoms with Gasteiger partial charge in [0.25, 0.3) is 5.89 Å². The molecule has 1 aromatic carbocycles. The molecule has 1 atom stereocenters. The van der Waals surface area contributed by atoms with Crippen molar-refractivity contribution < 1.29 is 8.94 Å². The number of likely N-dealkylation sites (N-methyl/N-ethyl adjacent to an activating group) is 1. The van der Waals surface area contributed by atoms with Gasteiger partial charge < -0.3 is 14.3 Å². The quantitative estimate of drug-likeness (QED) is 0.786. The summed E-state index contributed by atoms with van der Waals surface area (Å²) in [7, 11) is 2.07. The first-order chi connectivity index (χ1) is 11.3. The summed E-state index contributed by atoms with van der Waals surface area (Å²) < 4.78 is 11.1. The van der Waals surface area contributed by atoms with Gasteiger partial charge in [-0.1, -0.05) is 35.5 Å². The maximum absolute atomic E-state index is 5.61. The van der Waals surface area contributed by atoms with Crippen LogP contribution in [0.5, 0.6) is 0 Å². The van der Waals surface area contributed by atoms with E-state index in [1.165, 1.54) is 0 Å². The summed E-state index contributed by atoms with van der Waals surface area (Å²) in [6.45, 7) is 2.76. The van der Waals surface area contributed by atoms with E-state index in [4.69, 9.17) is 8.94 Å². The van der Waals surface area contributed by atoms with E-state index in [2.05, 4.69) is 27.4 Å². The summed E-state index contributed by atoms with van der Waals surface area (Å²) in [6, 6.07) is 12.1. The maximum atomic E-state index is 5.61. The molecule has 3 heterocycles. The molecule has 1 N–H and O–H groups in total. The average molecular weight is 347 g/mol. The number of hydrogen-bond donors (Lipinski definition) is 1. The molecule has 1 aliphatic rings. The molecule has 0 spiro atoms. The van der Waals surface area contributed by atoms with Crippen molar-refractivity contribution in [2.45, 2.75) is 6.04 Å². The van der Waals surface area contributed by atoms with Crippen molar-refractivity contribution >= 4 is 12.4 Å². The molecular weight excluding hydrogens is 328 g/mol. The molecule has 1 fully saturated rings. The predicted octanol–water partition coefficient (Wildman–Crippen LogP) is 2.99. The SMILES string of the molecule is CN1CCNCC1c1noc(-c2occc2-c2ccccc2)n1.Cl. The number of furan rings is 1. The van der Waals surface area contributed by atoms with Gasteiger partial charge in [-0.25, -0.2) is 0 Å². The molecule has 0 radical (unpaired) electrons. The van der Waals surface area contributed by atoms with Crippen molar-refractivity contribution in [2.24, 2.45) is 0 Å². The van der Waals surface area contributed by atoms with Crippen molar-refractivity contribution in [2.75, 3.05) is 26.7 Å². The highest BCUT2D eigenvalue weighted by molar-refractivity contribution is 5.85. The summed E-state index contributed by atoms with van der Waals surface area (Å²) in [4.78, 5) is 6.79. The molecule has 1 saturated heterocycles. The fraction of sp³-hybridized carbons (Fsp3) is 0.294. The van der Waals surface area contributed by atoms with Crippen LogP contribution in [-0.2, 0) is 0 Å². The van der Waals surface area contributed by atoms with Crippen LogP contribution in [0.4, 0.5) is 0 Å². The van der Waals surface area contributed by atoms with Gasteiger partial charge in [-0.2, -0.15) is 4.98 Å². The molecule has 0 amide bonds. The highest BCUT2D eigenvalue weighted by atomic mass is 35.5. The standard InChI is InChI=1S/C17H18N4O2.ClH/c1-21-9-8-18-11-14(21)16-19-17(23-20-16)15-13(7-10-22-15)12-5-3-2-4-6-12;/h2-7,10,14,18H,8-9,11H2,1H3;1H. The normalized spacial score (nSPS) is 18.3. The first kappa shape index (κ1) is 16.7. The summed E-state index contributed by atoms with van der Waals surface area (Å²) >= 11 is 0. The van der Waals surface area contributed by atoms with Gasteiger partial charge in [0.05, 0.1) is 12.3 Å². The molecule has 126 valence electrons. The zero-order valence-corrected chi connectivity index (χ0v) is 14.1. The highest BCUT2D eigenvalue weighted by Gasteiger charge is 2.26. The summed E-state index contributed by atoms with van der Waals surface area (Å²) in [5.74, 6) is 1.72. The first-order valence-corrected chi connectivity index (χ1v) is 7.71. The van der Waals surface area contributed by atoms with Gasteiger partial charge in [-0.15, -0.1) is 12.4 Å². The molecule has 1 aliphatic heterocycles. The molecule has 0 saturated carbocycles. The number of hydrogen-bond acceptors (Lipinski definition) is 6. The fourth-order valence-corrected chi connectivity index (χ4v) is 2.88. The van der Waals surface area contributed by atoms with Gasteiger partial charge in [0.2, 0.25) is 0 Å². The Bertz CT molecular complexity index is 787. The number of nitrogens with one attached hydrogen (secondary N) is 1. The highest BCUT2D eigenvalue weighted by Crippen LogP contribution is 2.32. The second kappa shape index (κ2) is 7.17. The van der Waals surface area contributed by atoms with E-state index >= 15 is 0 Å². The Morgan fingerprint density at radius 3 is 2.83 bits per heavy atom. The minimum atomic E-state index is 0. The first-order valence-electron chi connectivity index (χ1n) is 7.71. The van der Waals surface area contributed by atoms with Crippen LogP contribution in [0.25, 0.3) is 22.8 Å². The monoisotopic (exact) mass is 346 g/mol. The molecule has 6 nitrogen and oxygen atoms in total. The maximum Gasteiger partial charge on any atom is 0.294 e. The molecule has 0 aliphatic carbocycles. The van der Waals surface area contributed by atoms with Gasteiger partial charge in [0.1, 0.15) is 0 Å². The van der Waals surface area contributed by atoms with E-state index in [1.54, 1.807) is 6.26 Å². The van der Waals surface area contributed by atoms with Crippen LogP contribution in [0.1, 0.15) is 11.9 Å². The minimum Gasteiger partial charge on any atom is -0.458 e. The van der Waals surface area contributed by atoms with Crippen LogP contribution >= 0.6 is 12.4 Å². The number of piperazine rings is 1. The van der Waals surface area contributed by atoms with Crippen LogP contribution in [0.15, 0.2) is 51.6 Å². The van der Waals surface area contributed by atoms with Crippen LogP contribution in [-0.4, -0.2) is 41.7 Å². The van der Waals surface area contributed by atoms with Gasteiger partial charge in [-0.05, 0) is 18.7 Å². The lowest BCUT2D eigenvalue weighted by atomic mass is 10.1. The van der Waals surface area contributed by atoms with E-state index in [9.17, 15) is 0 Å². The van der Waals surface area contributed by atoms with Gasteiger partial charge >= 0.3 is 0 Å². The van der Waals surface area contributed by atoms with E-state index in [0.717, 1.165) is 30.8 Å². The number of aromatic nitrogens is 2. The lowest BCUT2D eigenvalue weighted by molar-refractivity contribution is 0.190. The Kier molecular flexibility index (Phi) is 4.99. The molecule has 3 aromatic rings. The van der Waals surface area contributed by atoms with Crippen LogP contribution in [0.2, 0.25) is 0 Å². The third-order valence-corrected chi connectivity index (χ3v) is 4.20. The molecule has 4 rings (SSSR count). The number of benzene rings is 1. The van der Waals surface area contributed by atoms with Gasteiger partial charge in [-0.3, -0.25) is 4.90 Å². The zero-order chi connectivity index (χ0) is 15.6. The Hall–Kier alpha value is -2.15. The third kappa shape index (κ3) is 3.08. The number of rotatable bonds is 3. The summed E-state index contributed by atoms with van der Waals surface area (Å²) in [5.41, 5.74) is 2.02. The fourth-order valence-electron chi connectivity index (χ4n) is 2.88. The Morgan fingerprint density at radius 1 is 1.21 bits per heavy atom. The smallest absolute Gasteiger partial charge is 0.294 e. The number of halogens is 1. The summed E-state index contributed by atoms with van der Waals surface area (Å²) in [5, 5.41) is 7.51. The zero-order valence-electron chi connectivity index (χ0n) is 13.3. The van der Waals surface area contributed by atoms with Crippen molar-refractivity contribution in [3.8, 4) is 22.8 Å².